The van der Waals surface area contributed by atoms with E-state index in [0.29, 0.717) is 17.1 Å². The minimum Gasteiger partial charge on any atom is -0.379 e. The number of aryl methyl sites for hydroxylation is 1. The Bertz CT molecular complexity index is 722. The molecule has 1 aliphatic rings. The highest BCUT2D eigenvalue weighted by Crippen LogP contribution is 2.28. The highest BCUT2D eigenvalue weighted by molar-refractivity contribution is 7.98. The molecule has 0 spiro atoms. The van der Waals surface area contributed by atoms with Crippen LogP contribution in [0.2, 0.25) is 0 Å². The second-order valence-corrected chi connectivity index (χ2v) is 6.60. The zero-order valence-corrected chi connectivity index (χ0v) is 14.9. The number of morpholine rings is 1. The van der Waals surface area contributed by atoms with E-state index >= 15 is 0 Å². The van der Waals surface area contributed by atoms with E-state index in [0.717, 1.165) is 36.9 Å². The van der Waals surface area contributed by atoms with Crippen molar-refractivity contribution < 1.29 is 9.13 Å². The van der Waals surface area contributed by atoms with Gasteiger partial charge >= 0.3 is 0 Å². The number of hydrogen-bond donors (Lipinski definition) is 0. The zero-order chi connectivity index (χ0) is 17.1. The Kier molecular flexibility index (Phi) is 5.43. The van der Waals surface area contributed by atoms with E-state index in [-0.39, 0.29) is 6.04 Å². The summed E-state index contributed by atoms with van der Waals surface area (Å²) in [5.74, 6) is 0.126. The van der Waals surface area contributed by atoms with Crippen molar-refractivity contribution in [1.82, 2.24) is 19.9 Å². The first-order valence-corrected chi connectivity index (χ1v) is 9.18. The van der Waals surface area contributed by atoms with Crippen LogP contribution in [0.15, 0.2) is 23.4 Å². The van der Waals surface area contributed by atoms with Crippen molar-refractivity contribution >= 4 is 11.8 Å². The van der Waals surface area contributed by atoms with Crippen LogP contribution in [0.1, 0.15) is 24.4 Å². The molecule has 1 unspecified atom stereocenters. The minimum atomic E-state index is -0.502. The van der Waals surface area contributed by atoms with Gasteiger partial charge in [-0.15, -0.1) is 11.8 Å². The number of aromatic nitrogens is 3. The van der Waals surface area contributed by atoms with Crippen LogP contribution in [0.3, 0.4) is 0 Å². The number of ether oxygens (including phenoxy) is 1. The lowest BCUT2D eigenvalue weighted by atomic mass is 10.0. The molecule has 1 fully saturated rings. The highest BCUT2D eigenvalue weighted by Gasteiger charge is 2.21. The van der Waals surface area contributed by atoms with E-state index in [1.807, 2.05) is 19.2 Å². The maximum Gasteiger partial charge on any atom is 0.222 e. The summed E-state index contributed by atoms with van der Waals surface area (Å²) >= 11 is 1.51. The summed E-state index contributed by atoms with van der Waals surface area (Å²) in [6.07, 6.45) is 3.56. The van der Waals surface area contributed by atoms with Crippen molar-refractivity contribution in [2.75, 3.05) is 32.6 Å². The number of pyridine rings is 1. The highest BCUT2D eigenvalue weighted by atomic mass is 32.2. The number of rotatable bonds is 4. The van der Waals surface area contributed by atoms with Crippen LogP contribution in [0, 0.1) is 12.9 Å². The van der Waals surface area contributed by atoms with Gasteiger partial charge < -0.3 is 4.74 Å². The van der Waals surface area contributed by atoms with Crippen molar-refractivity contribution in [3.8, 4) is 11.3 Å². The van der Waals surface area contributed by atoms with Crippen LogP contribution in [-0.2, 0) is 4.74 Å². The molecule has 0 amide bonds. The molecular formula is C17H21FN4OS. The number of thioether (sulfide) groups is 1. The maximum atomic E-state index is 14.3. The number of nitrogens with zero attached hydrogens (tertiary/aromatic N) is 4. The first kappa shape index (κ1) is 17.3. The number of hydrogen-bond acceptors (Lipinski definition) is 6. The molecule has 0 aromatic carbocycles. The van der Waals surface area contributed by atoms with Gasteiger partial charge in [0.05, 0.1) is 24.5 Å². The van der Waals surface area contributed by atoms with Gasteiger partial charge in [-0.05, 0) is 37.8 Å². The fourth-order valence-corrected chi connectivity index (χ4v) is 3.28. The molecule has 7 heteroatoms. The summed E-state index contributed by atoms with van der Waals surface area (Å²) in [5, 5.41) is 0.823. The van der Waals surface area contributed by atoms with Gasteiger partial charge in [-0.3, -0.25) is 4.90 Å². The number of halogens is 1. The SMILES string of the molecule is CSc1cc(-c2cc(C(C)N3CCOCC3)cnc2F)nc(C)n1. The molecule has 0 radical (unpaired) electrons. The van der Waals surface area contributed by atoms with E-state index in [9.17, 15) is 4.39 Å². The quantitative estimate of drug-likeness (QED) is 0.481. The summed E-state index contributed by atoms with van der Waals surface area (Å²) in [7, 11) is 0. The van der Waals surface area contributed by atoms with Crippen LogP contribution < -0.4 is 0 Å². The normalized spacial score (nSPS) is 17.0. The van der Waals surface area contributed by atoms with E-state index in [1.54, 1.807) is 12.3 Å². The third-order valence-electron chi connectivity index (χ3n) is 4.24. The largest absolute Gasteiger partial charge is 0.379 e. The molecule has 2 aromatic rings. The summed E-state index contributed by atoms with van der Waals surface area (Å²) < 4.78 is 19.7. The van der Waals surface area contributed by atoms with Gasteiger partial charge in [0.15, 0.2) is 0 Å². The molecule has 0 bridgehead atoms. The van der Waals surface area contributed by atoms with Crippen molar-refractivity contribution in [2.45, 2.75) is 24.9 Å². The molecule has 1 atom stereocenters. The van der Waals surface area contributed by atoms with E-state index < -0.39 is 5.95 Å². The van der Waals surface area contributed by atoms with Crippen LogP contribution >= 0.6 is 11.8 Å². The van der Waals surface area contributed by atoms with Gasteiger partial charge in [0.25, 0.3) is 0 Å². The molecule has 0 saturated carbocycles. The second-order valence-electron chi connectivity index (χ2n) is 5.77. The standard InChI is InChI=1S/C17H21FN4OS/c1-11(22-4-6-23-7-5-22)13-8-14(17(18)19-10-13)15-9-16(24-3)21-12(2)20-15/h8-11H,4-7H2,1-3H3. The Hall–Kier alpha value is -1.57. The second kappa shape index (κ2) is 7.55. The smallest absolute Gasteiger partial charge is 0.222 e. The van der Waals surface area contributed by atoms with Crippen molar-refractivity contribution in [3.63, 3.8) is 0 Å². The van der Waals surface area contributed by atoms with Crippen LogP contribution in [-0.4, -0.2) is 52.4 Å². The topological polar surface area (TPSA) is 51.1 Å². The van der Waals surface area contributed by atoms with Gasteiger partial charge in [0.1, 0.15) is 10.9 Å². The molecule has 0 aliphatic carbocycles. The summed E-state index contributed by atoms with van der Waals surface area (Å²) in [6.45, 7) is 7.13. The molecule has 1 aliphatic heterocycles. The molecule has 2 aromatic heterocycles. The van der Waals surface area contributed by atoms with Crippen molar-refractivity contribution in [1.29, 1.82) is 0 Å². The molecular weight excluding hydrogens is 327 g/mol. The van der Waals surface area contributed by atoms with E-state index in [4.69, 9.17) is 4.74 Å². The molecule has 1 saturated heterocycles. The fraction of sp³-hybridized carbons (Fsp3) is 0.471. The molecule has 3 rings (SSSR count). The van der Waals surface area contributed by atoms with Crippen molar-refractivity contribution in [3.05, 3.63) is 35.7 Å². The Labute approximate surface area is 145 Å². The summed E-state index contributed by atoms with van der Waals surface area (Å²) in [5.41, 5.74) is 1.98. The molecule has 3 heterocycles. The first-order valence-electron chi connectivity index (χ1n) is 7.95. The summed E-state index contributed by atoms with van der Waals surface area (Å²) in [6, 6.07) is 3.82. The van der Waals surface area contributed by atoms with Gasteiger partial charge in [-0.25, -0.2) is 15.0 Å². The lowest BCUT2D eigenvalue weighted by Gasteiger charge is -2.32. The predicted molar refractivity (Wildman–Crippen MR) is 92.5 cm³/mol. The average molecular weight is 348 g/mol. The minimum absolute atomic E-state index is 0.156. The van der Waals surface area contributed by atoms with Gasteiger partial charge in [0, 0.05) is 25.3 Å². The predicted octanol–water partition coefficient (Wildman–Crippen LogP) is 3.10. The van der Waals surface area contributed by atoms with Crippen LogP contribution in [0.25, 0.3) is 11.3 Å². The van der Waals surface area contributed by atoms with Crippen molar-refractivity contribution in [2.24, 2.45) is 0 Å². The summed E-state index contributed by atoms with van der Waals surface area (Å²) in [4.78, 5) is 15.0. The third-order valence-corrected chi connectivity index (χ3v) is 4.86. The Morgan fingerprint density at radius 3 is 2.71 bits per heavy atom. The zero-order valence-electron chi connectivity index (χ0n) is 14.1. The van der Waals surface area contributed by atoms with Crippen LogP contribution in [0.4, 0.5) is 4.39 Å². The third kappa shape index (κ3) is 3.74. The molecule has 5 nitrogen and oxygen atoms in total. The van der Waals surface area contributed by atoms with E-state index in [2.05, 4.69) is 26.8 Å². The maximum absolute atomic E-state index is 14.3. The lowest BCUT2D eigenvalue weighted by molar-refractivity contribution is 0.0198. The Balaban J connectivity index is 1.95. The molecule has 24 heavy (non-hydrogen) atoms. The van der Waals surface area contributed by atoms with Gasteiger partial charge in [-0.1, -0.05) is 0 Å². The van der Waals surface area contributed by atoms with Gasteiger partial charge in [-0.2, -0.15) is 4.39 Å². The lowest BCUT2D eigenvalue weighted by Crippen LogP contribution is -2.38. The monoisotopic (exact) mass is 348 g/mol. The Morgan fingerprint density at radius 1 is 1.25 bits per heavy atom. The average Bonchev–Trinajstić information content (AvgIpc) is 2.61. The van der Waals surface area contributed by atoms with Gasteiger partial charge in [0.2, 0.25) is 5.95 Å². The Morgan fingerprint density at radius 2 is 2.00 bits per heavy atom. The van der Waals surface area contributed by atoms with Crippen LogP contribution in [0.5, 0.6) is 0 Å². The molecule has 0 N–H and O–H groups in total. The van der Waals surface area contributed by atoms with E-state index in [1.165, 1.54) is 11.8 Å². The molecule has 128 valence electrons. The first-order chi connectivity index (χ1) is 11.6. The fourth-order valence-electron chi connectivity index (χ4n) is 2.83.